The number of nitrogen functional groups attached to an aromatic ring is 1. The summed E-state index contributed by atoms with van der Waals surface area (Å²) in [7, 11) is 1.76. The molecule has 2 aromatic heterocycles. The molecule has 0 fully saturated rings. The second kappa shape index (κ2) is 5.59. The molecule has 0 aliphatic carbocycles. The van der Waals surface area contributed by atoms with Crippen molar-refractivity contribution in [2.45, 2.75) is 13.0 Å². The molecule has 0 aliphatic heterocycles. The van der Waals surface area contributed by atoms with Crippen LogP contribution in [0, 0.1) is 0 Å². The number of aromatic nitrogens is 1. The Bertz CT molecular complexity index is 586. The van der Waals surface area contributed by atoms with Crippen LogP contribution in [0.5, 0.6) is 0 Å². The van der Waals surface area contributed by atoms with Crippen molar-refractivity contribution in [3.8, 4) is 0 Å². The molecule has 1 atom stereocenters. The Kier molecular flexibility index (Phi) is 4.07. The third-order valence-corrected chi connectivity index (χ3v) is 4.32. The average molecular weight is 296 g/mol. The minimum atomic E-state index is -0.129. The molecule has 19 heavy (non-hydrogen) atoms. The lowest BCUT2D eigenvalue weighted by atomic mass is 10.2. The number of nitrogens with zero attached hydrogens (tertiary/aromatic N) is 2. The molecule has 2 N–H and O–H groups in total. The lowest BCUT2D eigenvalue weighted by Gasteiger charge is -2.24. The highest BCUT2D eigenvalue weighted by Crippen LogP contribution is 2.25. The largest absolute Gasteiger partial charge is 0.382 e. The molecule has 2 aromatic rings. The summed E-state index contributed by atoms with van der Waals surface area (Å²) < 4.78 is 0. The van der Waals surface area contributed by atoms with Gasteiger partial charge in [0.1, 0.15) is 5.82 Å². The van der Waals surface area contributed by atoms with E-state index in [0.717, 1.165) is 4.88 Å². The fourth-order valence-electron chi connectivity index (χ4n) is 1.66. The Morgan fingerprint density at radius 1 is 1.58 bits per heavy atom. The monoisotopic (exact) mass is 295 g/mol. The predicted molar refractivity (Wildman–Crippen MR) is 78.5 cm³/mol. The van der Waals surface area contributed by atoms with Gasteiger partial charge in [-0.3, -0.25) is 4.79 Å². The van der Waals surface area contributed by atoms with Crippen LogP contribution in [0.25, 0.3) is 0 Å². The molecular formula is C13H14ClN3OS. The summed E-state index contributed by atoms with van der Waals surface area (Å²) in [5, 5.41) is 2.29. The first-order valence-electron chi connectivity index (χ1n) is 5.72. The summed E-state index contributed by atoms with van der Waals surface area (Å²) in [6.07, 6.45) is 1.45. The van der Waals surface area contributed by atoms with Gasteiger partial charge in [-0.2, -0.15) is 0 Å². The van der Waals surface area contributed by atoms with Crippen LogP contribution in [0.4, 0.5) is 5.82 Å². The standard InChI is InChI=1S/C13H14ClN3OS/c1-8(11-4-3-5-19-11)17(2)13(18)9-6-10(14)12(15)16-7-9/h3-8H,1-2H3,(H2,15,16). The number of carbonyl (C=O) groups is 1. The van der Waals surface area contributed by atoms with Gasteiger partial charge in [-0.1, -0.05) is 17.7 Å². The molecule has 0 saturated heterocycles. The highest BCUT2D eigenvalue weighted by atomic mass is 35.5. The first kappa shape index (κ1) is 13.8. The number of amides is 1. The van der Waals surface area contributed by atoms with Gasteiger partial charge in [0.2, 0.25) is 0 Å². The van der Waals surface area contributed by atoms with E-state index in [1.54, 1.807) is 29.4 Å². The van der Waals surface area contributed by atoms with Crippen molar-refractivity contribution >= 4 is 34.7 Å². The molecule has 0 radical (unpaired) electrons. The van der Waals surface area contributed by atoms with Crippen molar-refractivity contribution in [3.63, 3.8) is 0 Å². The molecule has 0 bridgehead atoms. The number of rotatable bonds is 3. The SMILES string of the molecule is CC(c1cccs1)N(C)C(=O)c1cnc(N)c(Cl)c1. The predicted octanol–water partition coefficient (Wildman–Crippen LogP) is 3.21. The summed E-state index contributed by atoms with van der Waals surface area (Å²) in [6.45, 7) is 1.98. The van der Waals surface area contributed by atoms with E-state index >= 15 is 0 Å². The fourth-order valence-corrected chi connectivity index (χ4v) is 2.66. The van der Waals surface area contributed by atoms with Crippen LogP contribution >= 0.6 is 22.9 Å². The van der Waals surface area contributed by atoms with E-state index in [-0.39, 0.29) is 17.8 Å². The number of hydrogen-bond donors (Lipinski definition) is 1. The van der Waals surface area contributed by atoms with Gasteiger partial charge < -0.3 is 10.6 Å². The quantitative estimate of drug-likeness (QED) is 0.946. The number of anilines is 1. The number of halogens is 1. The maximum absolute atomic E-state index is 12.3. The fraction of sp³-hybridized carbons (Fsp3) is 0.231. The Morgan fingerprint density at radius 2 is 2.32 bits per heavy atom. The van der Waals surface area contributed by atoms with Gasteiger partial charge in [0.05, 0.1) is 16.6 Å². The van der Waals surface area contributed by atoms with E-state index in [4.69, 9.17) is 17.3 Å². The number of carbonyl (C=O) groups excluding carboxylic acids is 1. The van der Waals surface area contributed by atoms with E-state index in [1.165, 1.54) is 6.20 Å². The van der Waals surface area contributed by atoms with Crippen molar-refractivity contribution in [1.82, 2.24) is 9.88 Å². The molecular weight excluding hydrogens is 282 g/mol. The van der Waals surface area contributed by atoms with Gasteiger partial charge in [0, 0.05) is 18.1 Å². The van der Waals surface area contributed by atoms with E-state index in [9.17, 15) is 4.79 Å². The van der Waals surface area contributed by atoms with Crippen molar-refractivity contribution in [2.24, 2.45) is 0 Å². The van der Waals surface area contributed by atoms with Crippen LogP contribution in [-0.2, 0) is 0 Å². The molecule has 0 aromatic carbocycles. The zero-order chi connectivity index (χ0) is 14.0. The minimum Gasteiger partial charge on any atom is -0.382 e. The molecule has 0 saturated carbocycles. The Labute approximate surface area is 120 Å². The van der Waals surface area contributed by atoms with Crippen molar-refractivity contribution in [3.05, 3.63) is 45.2 Å². The van der Waals surface area contributed by atoms with E-state index < -0.39 is 0 Å². The molecule has 0 aliphatic rings. The van der Waals surface area contributed by atoms with Crippen molar-refractivity contribution < 1.29 is 4.79 Å². The molecule has 0 spiro atoms. The van der Waals surface area contributed by atoms with Crippen LogP contribution in [0.15, 0.2) is 29.8 Å². The van der Waals surface area contributed by atoms with E-state index in [1.807, 2.05) is 24.4 Å². The Hall–Kier alpha value is -1.59. The number of nitrogens with two attached hydrogens (primary N) is 1. The Balaban J connectivity index is 2.21. The lowest BCUT2D eigenvalue weighted by Crippen LogP contribution is -2.29. The van der Waals surface area contributed by atoms with Crippen LogP contribution in [0.3, 0.4) is 0 Å². The van der Waals surface area contributed by atoms with Gasteiger partial charge in [-0.05, 0) is 24.4 Å². The van der Waals surface area contributed by atoms with Crippen molar-refractivity contribution in [2.75, 3.05) is 12.8 Å². The lowest BCUT2D eigenvalue weighted by molar-refractivity contribution is 0.0744. The first-order valence-corrected chi connectivity index (χ1v) is 6.98. The van der Waals surface area contributed by atoms with E-state index in [0.29, 0.717) is 10.6 Å². The highest BCUT2D eigenvalue weighted by Gasteiger charge is 2.20. The third-order valence-electron chi connectivity index (χ3n) is 2.97. The maximum atomic E-state index is 12.3. The van der Waals surface area contributed by atoms with Gasteiger partial charge in [-0.25, -0.2) is 4.98 Å². The second-order valence-corrected chi connectivity index (χ2v) is 5.58. The first-order chi connectivity index (χ1) is 9.00. The zero-order valence-corrected chi connectivity index (χ0v) is 12.2. The Morgan fingerprint density at radius 3 is 2.89 bits per heavy atom. The summed E-state index contributed by atoms with van der Waals surface area (Å²) in [6, 6.07) is 5.53. The summed E-state index contributed by atoms with van der Waals surface area (Å²) in [5.41, 5.74) is 5.97. The van der Waals surface area contributed by atoms with Gasteiger partial charge in [0.15, 0.2) is 0 Å². The summed E-state index contributed by atoms with van der Waals surface area (Å²) in [5.74, 6) is 0.0995. The van der Waals surface area contributed by atoms with Crippen molar-refractivity contribution in [1.29, 1.82) is 0 Å². The number of thiophene rings is 1. The number of hydrogen-bond acceptors (Lipinski definition) is 4. The summed E-state index contributed by atoms with van der Waals surface area (Å²) >= 11 is 7.51. The minimum absolute atomic E-state index is 0.00354. The molecule has 100 valence electrons. The molecule has 1 amide bonds. The van der Waals surface area contributed by atoms with Crippen LogP contribution in [0.1, 0.15) is 28.2 Å². The molecule has 2 rings (SSSR count). The summed E-state index contributed by atoms with van der Waals surface area (Å²) in [4.78, 5) is 19.0. The van der Waals surface area contributed by atoms with Gasteiger partial charge >= 0.3 is 0 Å². The molecule has 2 heterocycles. The van der Waals surface area contributed by atoms with Crippen LogP contribution in [-0.4, -0.2) is 22.8 Å². The normalized spacial score (nSPS) is 12.2. The molecule has 4 nitrogen and oxygen atoms in total. The van der Waals surface area contributed by atoms with Crippen LogP contribution < -0.4 is 5.73 Å². The molecule has 6 heteroatoms. The van der Waals surface area contributed by atoms with Crippen LogP contribution in [0.2, 0.25) is 5.02 Å². The topological polar surface area (TPSA) is 59.2 Å². The van der Waals surface area contributed by atoms with Gasteiger partial charge in [-0.15, -0.1) is 11.3 Å². The third kappa shape index (κ3) is 2.88. The zero-order valence-electron chi connectivity index (χ0n) is 10.6. The maximum Gasteiger partial charge on any atom is 0.255 e. The number of pyridine rings is 1. The highest BCUT2D eigenvalue weighted by molar-refractivity contribution is 7.10. The van der Waals surface area contributed by atoms with E-state index in [2.05, 4.69) is 4.98 Å². The average Bonchev–Trinajstić information content (AvgIpc) is 2.93. The smallest absolute Gasteiger partial charge is 0.255 e. The van der Waals surface area contributed by atoms with Gasteiger partial charge in [0.25, 0.3) is 5.91 Å². The molecule has 1 unspecified atom stereocenters. The second-order valence-electron chi connectivity index (χ2n) is 4.20.